The maximum absolute atomic E-state index is 5.80. The van der Waals surface area contributed by atoms with Gasteiger partial charge in [-0.1, -0.05) is 13.0 Å². The Hall–Kier alpha value is -1.35. The normalized spacial score (nSPS) is 16.9. The smallest absolute Gasteiger partial charge is 0.113 e. The zero-order valence-corrected chi connectivity index (χ0v) is 11.5. The maximum atomic E-state index is 5.80. The molecule has 1 N–H and O–H groups in total. The molecule has 0 aliphatic carbocycles. The minimum absolute atomic E-state index is 0.142. The van der Waals surface area contributed by atoms with E-state index in [-0.39, 0.29) is 6.04 Å². The average molecular weight is 246 g/mol. The molecular weight excluding hydrogens is 224 g/mol. The Balaban J connectivity index is 2.31. The number of aromatic nitrogens is 1. The summed E-state index contributed by atoms with van der Waals surface area (Å²) in [6.45, 7) is 7.95. The second-order valence-corrected chi connectivity index (χ2v) is 4.72. The molecule has 1 aromatic heterocycles. The molecule has 1 aromatic rings. The van der Waals surface area contributed by atoms with E-state index in [1.807, 2.05) is 6.92 Å². The van der Waals surface area contributed by atoms with E-state index in [2.05, 4.69) is 42.4 Å². The second kappa shape index (κ2) is 6.01. The Morgan fingerprint density at radius 1 is 1.39 bits per heavy atom. The Morgan fingerprint density at radius 3 is 2.83 bits per heavy atom. The summed E-state index contributed by atoms with van der Waals surface area (Å²) in [6.07, 6.45) is 4.43. The molecule has 0 radical (unpaired) electrons. The van der Waals surface area contributed by atoms with E-state index in [1.54, 1.807) is 0 Å². The molecule has 0 saturated carbocycles. The van der Waals surface area contributed by atoms with Crippen LogP contribution in [-0.4, -0.2) is 18.1 Å². The van der Waals surface area contributed by atoms with Crippen LogP contribution >= 0.6 is 0 Å². The molecule has 1 aliphatic heterocycles. The van der Waals surface area contributed by atoms with Crippen molar-refractivity contribution in [2.75, 3.05) is 13.2 Å². The number of hydrogen-bond donors (Lipinski definition) is 1. The van der Waals surface area contributed by atoms with Crippen LogP contribution in [0.1, 0.15) is 42.8 Å². The zero-order chi connectivity index (χ0) is 13.0. The largest absolute Gasteiger partial charge is 0.496 e. The minimum Gasteiger partial charge on any atom is -0.496 e. The molecular formula is C15H22N2O. The van der Waals surface area contributed by atoms with Crippen molar-refractivity contribution < 1.29 is 4.74 Å². The molecule has 0 aromatic carbocycles. The quantitative estimate of drug-likeness (QED) is 0.886. The van der Waals surface area contributed by atoms with Crippen LogP contribution in [0.15, 0.2) is 24.0 Å². The predicted octanol–water partition coefficient (Wildman–Crippen LogP) is 3.04. The summed E-state index contributed by atoms with van der Waals surface area (Å²) >= 11 is 0. The van der Waals surface area contributed by atoms with Gasteiger partial charge in [0.2, 0.25) is 0 Å². The van der Waals surface area contributed by atoms with Crippen LogP contribution < -0.4 is 5.32 Å². The number of nitrogens with one attached hydrogen (secondary N) is 1. The third-order valence-corrected chi connectivity index (χ3v) is 3.23. The Bertz CT molecular complexity index is 440. The summed E-state index contributed by atoms with van der Waals surface area (Å²) in [5.74, 6) is 1.05. The summed E-state index contributed by atoms with van der Waals surface area (Å²) in [5.41, 5.74) is 3.36. The van der Waals surface area contributed by atoms with Gasteiger partial charge in [-0.05, 0) is 50.9 Å². The molecule has 0 bridgehead atoms. The molecule has 3 nitrogen and oxygen atoms in total. The number of likely N-dealkylation sites (N-methyl/N-ethyl adjacent to an activating group) is 1. The van der Waals surface area contributed by atoms with Gasteiger partial charge in [-0.15, -0.1) is 0 Å². The van der Waals surface area contributed by atoms with Crippen LogP contribution in [0.4, 0.5) is 0 Å². The molecule has 3 heteroatoms. The number of ether oxygens (including phenoxy) is 1. The number of pyridine rings is 1. The number of nitrogens with zero attached hydrogens (tertiary/aromatic N) is 1. The van der Waals surface area contributed by atoms with Crippen molar-refractivity contribution in [3.63, 3.8) is 0 Å². The first-order chi connectivity index (χ1) is 8.72. The Morgan fingerprint density at radius 2 is 2.22 bits per heavy atom. The second-order valence-electron chi connectivity index (χ2n) is 4.72. The van der Waals surface area contributed by atoms with Gasteiger partial charge in [-0.2, -0.15) is 0 Å². The van der Waals surface area contributed by atoms with Crippen molar-refractivity contribution in [1.29, 1.82) is 0 Å². The highest BCUT2D eigenvalue weighted by molar-refractivity contribution is 5.30. The van der Waals surface area contributed by atoms with E-state index in [0.29, 0.717) is 0 Å². The van der Waals surface area contributed by atoms with Crippen molar-refractivity contribution in [3.05, 3.63) is 40.9 Å². The first-order valence-corrected chi connectivity index (χ1v) is 6.72. The van der Waals surface area contributed by atoms with Gasteiger partial charge in [0.15, 0.2) is 0 Å². The Kier molecular flexibility index (Phi) is 4.37. The fourth-order valence-corrected chi connectivity index (χ4v) is 2.35. The first kappa shape index (κ1) is 13.1. The van der Waals surface area contributed by atoms with Crippen molar-refractivity contribution in [2.45, 2.75) is 39.7 Å². The van der Waals surface area contributed by atoms with E-state index in [4.69, 9.17) is 4.74 Å². The van der Waals surface area contributed by atoms with Gasteiger partial charge in [0.05, 0.1) is 12.6 Å². The lowest BCUT2D eigenvalue weighted by molar-refractivity contribution is 0.168. The summed E-state index contributed by atoms with van der Waals surface area (Å²) in [4.78, 5) is 4.55. The summed E-state index contributed by atoms with van der Waals surface area (Å²) in [6, 6.07) is 4.36. The fraction of sp³-hybridized carbons (Fsp3) is 0.533. The van der Waals surface area contributed by atoms with Crippen molar-refractivity contribution in [2.24, 2.45) is 0 Å². The van der Waals surface area contributed by atoms with Crippen LogP contribution in [0.3, 0.4) is 0 Å². The fourth-order valence-electron chi connectivity index (χ4n) is 2.35. The standard InChI is InChI=1S/C15H22N2O/c1-4-16-15(14-7-5-6-10-18-14)13-9-8-11(2)17-12(13)3/h7-9,15-16H,4-6,10H2,1-3H3. The van der Waals surface area contributed by atoms with E-state index >= 15 is 0 Å². The molecule has 0 saturated heterocycles. The van der Waals surface area contributed by atoms with Crippen molar-refractivity contribution >= 4 is 0 Å². The monoisotopic (exact) mass is 246 g/mol. The predicted molar refractivity (Wildman–Crippen MR) is 73.4 cm³/mol. The molecule has 1 atom stereocenters. The van der Waals surface area contributed by atoms with Gasteiger partial charge in [0.25, 0.3) is 0 Å². The topological polar surface area (TPSA) is 34.1 Å². The third kappa shape index (κ3) is 2.91. The zero-order valence-electron chi connectivity index (χ0n) is 11.5. The highest BCUT2D eigenvalue weighted by Gasteiger charge is 2.21. The van der Waals surface area contributed by atoms with Crippen molar-refractivity contribution in [1.82, 2.24) is 10.3 Å². The summed E-state index contributed by atoms with van der Waals surface area (Å²) in [7, 11) is 0. The molecule has 0 spiro atoms. The van der Waals surface area contributed by atoms with Gasteiger partial charge in [0, 0.05) is 11.4 Å². The van der Waals surface area contributed by atoms with Crippen LogP contribution in [0.25, 0.3) is 0 Å². The van der Waals surface area contributed by atoms with Gasteiger partial charge in [-0.25, -0.2) is 0 Å². The lowest BCUT2D eigenvalue weighted by Gasteiger charge is -2.25. The SMILES string of the molecule is CCNC(C1=CCCCO1)c1ccc(C)nc1C. The van der Waals surface area contributed by atoms with Gasteiger partial charge >= 0.3 is 0 Å². The van der Waals surface area contributed by atoms with E-state index in [0.717, 1.165) is 43.1 Å². The summed E-state index contributed by atoms with van der Waals surface area (Å²) in [5, 5.41) is 3.50. The molecule has 1 unspecified atom stereocenters. The number of aryl methyl sites for hydroxylation is 2. The maximum Gasteiger partial charge on any atom is 0.113 e. The van der Waals surface area contributed by atoms with E-state index in [9.17, 15) is 0 Å². The lowest BCUT2D eigenvalue weighted by Crippen LogP contribution is -2.26. The van der Waals surface area contributed by atoms with Crippen LogP contribution in [-0.2, 0) is 4.74 Å². The number of rotatable bonds is 4. The van der Waals surface area contributed by atoms with Gasteiger partial charge in [0.1, 0.15) is 5.76 Å². The molecule has 2 heterocycles. The Labute approximate surface area is 109 Å². The molecule has 1 aliphatic rings. The molecule has 18 heavy (non-hydrogen) atoms. The molecule has 98 valence electrons. The van der Waals surface area contributed by atoms with Crippen LogP contribution in [0.5, 0.6) is 0 Å². The third-order valence-electron chi connectivity index (χ3n) is 3.23. The van der Waals surface area contributed by atoms with Gasteiger partial charge in [-0.3, -0.25) is 4.98 Å². The molecule has 0 fully saturated rings. The van der Waals surface area contributed by atoms with E-state index in [1.165, 1.54) is 5.56 Å². The highest BCUT2D eigenvalue weighted by atomic mass is 16.5. The summed E-state index contributed by atoms with van der Waals surface area (Å²) < 4.78 is 5.80. The average Bonchev–Trinajstić information content (AvgIpc) is 2.38. The van der Waals surface area contributed by atoms with Crippen LogP contribution in [0.2, 0.25) is 0 Å². The van der Waals surface area contributed by atoms with Crippen molar-refractivity contribution in [3.8, 4) is 0 Å². The molecule has 2 rings (SSSR count). The minimum atomic E-state index is 0.142. The van der Waals surface area contributed by atoms with Gasteiger partial charge < -0.3 is 10.1 Å². The number of hydrogen-bond acceptors (Lipinski definition) is 3. The van der Waals surface area contributed by atoms with Crippen LogP contribution in [0, 0.1) is 13.8 Å². The molecule has 0 amide bonds. The highest BCUT2D eigenvalue weighted by Crippen LogP contribution is 2.27. The van der Waals surface area contributed by atoms with E-state index < -0.39 is 0 Å². The number of allylic oxidation sites excluding steroid dienone is 1. The lowest BCUT2D eigenvalue weighted by atomic mass is 10.0. The first-order valence-electron chi connectivity index (χ1n) is 6.72.